The van der Waals surface area contributed by atoms with Crippen LogP contribution < -0.4 is 5.32 Å². The van der Waals surface area contributed by atoms with Gasteiger partial charge in [-0.1, -0.05) is 23.7 Å². The number of aryl methyl sites for hydroxylation is 1. The first-order chi connectivity index (χ1) is 12.7. The van der Waals surface area contributed by atoms with Gasteiger partial charge in [0.15, 0.2) is 11.7 Å². The summed E-state index contributed by atoms with van der Waals surface area (Å²) < 4.78 is 5.78. The van der Waals surface area contributed by atoms with Crippen LogP contribution in [0.2, 0.25) is 5.02 Å². The van der Waals surface area contributed by atoms with Gasteiger partial charge in [-0.05, 0) is 50.9 Å². The summed E-state index contributed by atoms with van der Waals surface area (Å²) >= 11 is 6.19. The highest BCUT2D eigenvalue weighted by molar-refractivity contribution is 6.33. The molecule has 5 nitrogen and oxygen atoms in total. The Morgan fingerprint density at radius 1 is 1.29 bits per heavy atom. The Morgan fingerprint density at radius 2 is 2.00 bits per heavy atom. The highest BCUT2D eigenvalue weighted by Crippen LogP contribution is 2.28. The number of carbonyl (C=O) groups is 1. The predicted octanol–water partition coefficient (Wildman–Crippen LogP) is 4.62. The minimum Gasteiger partial charge on any atom is -0.441 e. The van der Waals surface area contributed by atoms with Crippen molar-refractivity contribution in [2.24, 2.45) is 5.92 Å². The Kier molecular flexibility index (Phi) is 10.9. The molecule has 8 heteroatoms. The number of hydrogen-bond acceptors (Lipinski definition) is 4. The number of amides is 1. The summed E-state index contributed by atoms with van der Waals surface area (Å²) in [6.45, 7) is 2.78. The standard InChI is InChI=1S/C20H26ClN3O2.2ClH/c1-22-11-8-15-9-12-24(13-10-15)20(25)7-6-19-23-14-18(26-19)16-4-2-3-5-17(16)21;;/h2-5,14-15,22H,6-13H2,1H3;2*1H. The maximum Gasteiger partial charge on any atom is 0.223 e. The van der Waals surface area contributed by atoms with Crippen LogP contribution in [0.4, 0.5) is 0 Å². The van der Waals surface area contributed by atoms with Gasteiger partial charge in [0.1, 0.15) is 0 Å². The van der Waals surface area contributed by atoms with E-state index in [1.165, 1.54) is 6.42 Å². The van der Waals surface area contributed by atoms with Gasteiger partial charge in [0.05, 0.1) is 11.2 Å². The van der Waals surface area contributed by atoms with E-state index in [9.17, 15) is 4.79 Å². The molecule has 1 aromatic carbocycles. The smallest absolute Gasteiger partial charge is 0.223 e. The number of piperidine rings is 1. The molecule has 3 rings (SSSR count). The van der Waals surface area contributed by atoms with E-state index >= 15 is 0 Å². The molecule has 1 aliphatic rings. The molecule has 0 bridgehead atoms. The van der Waals surface area contributed by atoms with Crippen LogP contribution in [0.1, 0.15) is 31.6 Å². The molecular weight excluding hydrogens is 421 g/mol. The molecule has 1 aliphatic heterocycles. The predicted molar refractivity (Wildman–Crippen MR) is 118 cm³/mol. The average molecular weight is 449 g/mol. The Morgan fingerprint density at radius 3 is 2.68 bits per heavy atom. The number of likely N-dealkylation sites (tertiary alicyclic amines) is 1. The summed E-state index contributed by atoms with van der Waals surface area (Å²) in [5, 5.41) is 3.83. The number of rotatable bonds is 7. The fourth-order valence-corrected chi connectivity index (χ4v) is 3.63. The highest BCUT2D eigenvalue weighted by Gasteiger charge is 2.22. The normalized spacial score (nSPS) is 14.3. The maximum absolute atomic E-state index is 12.4. The molecule has 0 spiro atoms. The Balaban J connectivity index is 0.00000196. The highest BCUT2D eigenvalue weighted by atomic mass is 35.5. The fraction of sp³-hybridized carbons (Fsp3) is 0.500. The molecule has 1 saturated heterocycles. The van der Waals surface area contributed by atoms with Crippen molar-refractivity contribution < 1.29 is 9.21 Å². The summed E-state index contributed by atoms with van der Waals surface area (Å²) in [6, 6.07) is 7.51. The van der Waals surface area contributed by atoms with Gasteiger partial charge in [-0.2, -0.15) is 0 Å². The number of nitrogens with zero attached hydrogens (tertiary/aromatic N) is 2. The first-order valence-electron chi connectivity index (χ1n) is 9.29. The van der Waals surface area contributed by atoms with E-state index < -0.39 is 0 Å². The maximum atomic E-state index is 12.4. The van der Waals surface area contributed by atoms with Crippen molar-refractivity contribution in [2.45, 2.75) is 32.1 Å². The number of benzene rings is 1. The molecule has 0 atom stereocenters. The second kappa shape index (κ2) is 12.3. The van der Waals surface area contributed by atoms with Crippen molar-refractivity contribution in [3.8, 4) is 11.3 Å². The van der Waals surface area contributed by atoms with Crippen LogP contribution >= 0.6 is 36.4 Å². The number of halogens is 3. The van der Waals surface area contributed by atoms with Crippen molar-refractivity contribution in [3.63, 3.8) is 0 Å². The van der Waals surface area contributed by atoms with Crippen LogP contribution in [-0.4, -0.2) is 42.5 Å². The van der Waals surface area contributed by atoms with E-state index in [2.05, 4.69) is 10.3 Å². The second-order valence-electron chi connectivity index (χ2n) is 6.81. The van der Waals surface area contributed by atoms with Gasteiger partial charge in [0.25, 0.3) is 0 Å². The summed E-state index contributed by atoms with van der Waals surface area (Å²) in [5.41, 5.74) is 0.822. The van der Waals surface area contributed by atoms with E-state index in [1.54, 1.807) is 6.20 Å². The zero-order valence-electron chi connectivity index (χ0n) is 16.0. The molecule has 0 unspecified atom stereocenters. The van der Waals surface area contributed by atoms with Crippen LogP contribution in [0.15, 0.2) is 34.9 Å². The monoisotopic (exact) mass is 447 g/mol. The lowest BCUT2D eigenvalue weighted by molar-refractivity contribution is -0.132. The van der Waals surface area contributed by atoms with E-state index in [0.717, 1.165) is 44.0 Å². The van der Waals surface area contributed by atoms with Crippen molar-refractivity contribution >= 4 is 42.3 Å². The molecule has 1 N–H and O–H groups in total. The molecule has 1 fully saturated rings. The van der Waals surface area contributed by atoms with Gasteiger partial charge in [-0.15, -0.1) is 24.8 Å². The molecule has 2 aromatic rings. The van der Waals surface area contributed by atoms with Gasteiger partial charge < -0.3 is 14.6 Å². The SMILES string of the molecule is CNCCC1CCN(C(=O)CCc2ncc(-c3ccccc3Cl)o2)CC1.Cl.Cl. The van der Waals surface area contributed by atoms with Crippen molar-refractivity contribution in [3.05, 3.63) is 41.4 Å². The number of oxazole rings is 1. The van der Waals surface area contributed by atoms with Crippen LogP contribution in [0, 0.1) is 5.92 Å². The fourth-order valence-electron chi connectivity index (χ4n) is 3.40. The zero-order valence-corrected chi connectivity index (χ0v) is 18.4. The van der Waals surface area contributed by atoms with Gasteiger partial charge in [-0.25, -0.2) is 4.98 Å². The molecule has 2 heterocycles. The lowest BCUT2D eigenvalue weighted by Gasteiger charge is -2.32. The second-order valence-corrected chi connectivity index (χ2v) is 7.22. The van der Waals surface area contributed by atoms with Crippen LogP contribution in [0.5, 0.6) is 0 Å². The molecule has 0 radical (unpaired) electrons. The Labute approximate surface area is 184 Å². The minimum absolute atomic E-state index is 0. The molecular formula is C20H28Cl3N3O2. The largest absolute Gasteiger partial charge is 0.441 e. The quantitative estimate of drug-likeness (QED) is 0.671. The lowest BCUT2D eigenvalue weighted by atomic mass is 9.93. The van der Waals surface area contributed by atoms with E-state index in [1.807, 2.05) is 36.2 Å². The topological polar surface area (TPSA) is 58.4 Å². The molecule has 0 aliphatic carbocycles. The summed E-state index contributed by atoms with van der Waals surface area (Å²) in [4.78, 5) is 18.7. The molecule has 156 valence electrons. The number of aromatic nitrogens is 1. The van der Waals surface area contributed by atoms with Gasteiger partial charge in [0, 0.05) is 31.5 Å². The number of nitrogens with one attached hydrogen (secondary N) is 1. The van der Waals surface area contributed by atoms with Crippen molar-refractivity contribution in [1.82, 2.24) is 15.2 Å². The van der Waals surface area contributed by atoms with E-state index in [0.29, 0.717) is 29.5 Å². The Bertz CT molecular complexity index is 731. The Hall–Kier alpha value is -1.27. The van der Waals surface area contributed by atoms with E-state index in [-0.39, 0.29) is 30.7 Å². The first-order valence-corrected chi connectivity index (χ1v) is 9.67. The summed E-state index contributed by atoms with van der Waals surface area (Å²) in [6.07, 6.45) is 6.02. The summed E-state index contributed by atoms with van der Waals surface area (Å²) in [7, 11) is 1.98. The van der Waals surface area contributed by atoms with Crippen molar-refractivity contribution in [1.29, 1.82) is 0 Å². The molecule has 0 saturated carbocycles. The molecule has 1 amide bonds. The van der Waals surface area contributed by atoms with Gasteiger partial charge in [0.2, 0.25) is 5.91 Å². The number of carbonyl (C=O) groups excluding carboxylic acids is 1. The third-order valence-corrected chi connectivity index (χ3v) is 5.35. The number of hydrogen-bond donors (Lipinski definition) is 1. The van der Waals surface area contributed by atoms with Gasteiger partial charge >= 0.3 is 0 Å². The van der Waals surface area contributed by atoms with Crippen LogP contribution in [-0.2, 0) is 11.2 Å². The van der Waals surface area contributed by atoms with Crippen molar-refractivity contribution in [2.75, 3.05) is 26.7 Å². The lowest BCUT2D eigenvalue weighted by Crippen LogP contribution is -2.39. The molecule has 28 heavy (non-hydrogen) atoms. The molecule has 1 aromatic heterocycles. The third kappa shape index (κ3) is 6.66. The van der Waals surface area contributed by atoms with Gasteiger partial charge in [-0.3, -0.25) is 4.79 Å². The van der Waals surface area contributed by atoms with Crippen LogP contribution in [0.25, 0.3) is 11.3 Å². The van der Waals surface area contributed by atoms with E-state index in [4.69, 9.17) is 16.0 Å². The average Bonchev–Trinajstić information content (AvgIpc) is 3.14. The first kappa shape index (κ1) is 24.8. The minimum atomic E-state index is 0. The third-order valence-electron chi connectivity index (χ3n) is 5.02. The van der Waals surface area contributed by atoms with Crippen LogP contribution in [0.3, 0.4) is 0 Å². The zero-order chi connectivity index (χ0) is 18.4. The summed E-state index contributed by atoms with van der Waals surface area (Å²) in [5.74, 6) is 2.14.